The number of ether oxygens (including phenoxy) is 4. The first-order valence-electron chi connectivity index (χ1n) is 17.6. The third-order valence-electron chi connectivity index (χ3n) is 12.1. The Kier molecular flexibility index (Phi) is 9.51. The summed E-state index contributed by atoms with van der Waals surface area (Å²) in [5.41, 5.74) is 11.1. The molecule has 6 fully saturated rings. The molecule has 0 bridgehead atoms. The van der Waals surface area contributed by atoms with Crippen molar-refractivity contribution in [2.45, 2.75) is 172 Å². The molecule has 6 aliphatic rings. The SMILES string of the molecule is CC1CC(=O)C2C(CC3OC(C)(C)C(OC(=O)C4(C)OC4CCC4CC(N)NC(C5CC(N)NC(C(C)C)C5)C4)CC3C2O)O1. The molecular weight excluding hydrogens is 576 g/mol. The molecule has 7 N–H and O–H groups in total. The number of rotatable bonds is 7. The molecule has 0 aromatic carbocycles. The van der Waals surface area contributed by atoms with Crippen LogP contribution in [0.1, 0.15) is 99.3 Å². The Morgan fingerprint density at radius 3 is 2.47 bits per heavy atom. The van der Waals surface area contributed by atoms with Gasteiger partial charge in [-0.25, -0.2) is 4.79 Å². The van der Waals surface area contributed by atoms with Gasteiger partial charge in [-0.15, -0.1) is 0 Å². The Bertz CT molecular complexity index is 1110. The number of hydrogen-bond acceptors (Lipinski definition) is 11. The van der Waals surface area contributed by atoms with Gasteiger partial charge in [-0.1, -0.05) is 13.8 Å². The number of fused-ring (bicyclic) bond motifs is 2. The number of Topliss-reactive ketones (excluding diaryl/α,β-unsaturated/α-hetero) is 1. The van der Waals surface area contributed by atoms with E-state index in [0.717, 1.165) is 38.5 Å². The fraction of sp³-hybridized carbons (Fsp3) is 0.941. The second-order valence-electron chi connectivity index (χ2n) is 16.3. The van der Waals surface area contributed by atoms with Gasteiger partial charge in [0.05, 0.1) is 54.4 Å². The summed E-state index contributed by atoms with van der Waals surface area (Å²) in [6, 6.07) is 0.756. The van der Waals surface area contributed by atoms with E-state index in [1.165, 1.54) is 0 Å². The molecule has 0 radical (unpaired) electrons. The average Bonchev–Trinajstić information content (AvgIpc) is 3.62. The van der Waals surface area contributed by atoms with Crippen LogP contribution in [0.25, 0.3) is 0 Å². The molecule has 5 heterocycles. The van der Waals surface area contributed by atoms with Crippen LogP contribution in [0.15, 0.2) is 0 Å². The lowest BCUT2D eigenvalue weighted by molar-refractivity contribution is -0.257. The number of nitrogens with two attached hydrogens (primary N) is 2. The number of carbonyl (C=O) groups is 2. The molecule has 45 heavy (non-hydrogen) atoms. The predicted molar refractivity (Wildman–Crippen MR) is 168 cm³/mol. The van der Waals surface area contributed by atoms with E-state index in [9.17, 15) is 14.7 Å². The zero-order valence-corrected chi connectivity index (χ0v) is 28.1. The highest BCUT2D eigenvalue weighted by Gasteiger charge is 2.62. The largest absolute Gasteiger partial charge is 0.457 e. The van der Waals surface area contributed by atoms with Gasteiger partial charge in [0.25, 0.3) is 0 Å². The van der Waals surface area contributed by atoms with E-state index in [-0.39, 0.29) is 54.4 Å². The van der Waals surface area contributed by atoms with Crippen LogP contribution >= 0.6 is 0 Å². The number of esters is 1. The highest BCUT2D eigenvalue weighted by atomic mass is 16.7. The van der Waals surface area contributed by atoms with E-state index in [1.54, 1.807) is 0 Å². The zero-order valence-electron chi connectivity index (χ0n) is 28.1. The van der Waals surface area contributed by atoms with E-state index < -0.39 is 29.3 Å². The maximum absolute atomic E-state index is 13.5. The maximum Gasteiger partial charge on any atom is 0.341 e. The van der Waals surface area contributed by atoms with Gasteiger partial charge in [-0.3, -0.25) is 15.4 Å². The molecule has 1 saturated carbocycles. The van der Waals surface area contributed by atoms with Gasteiger partial charge in [-0.2, -0.15) is 0 Å². The van der Waals surface area contributed by atoms with Crippen LogP contribution in [0.5, 0.6) is 0 Å². The van der Waals surface area contributed by atoms with Crippen LogP contribution in [0.4, 0.5) is 0 Å². The number of aliphatic hydroxyl groups excluding tert-OH is 1. The molecule has 11 nitrogen and oxygen atoms in total. The van der Waals surface area contributed by atoms with E-state index in [1.807, 2.05) is 27.7 Å². The third-order valence-corrected chi connectivity index (χ3v) is 12.1. The summed E-state index contributed by atoms with van der Waals surface area (Å²) in [6.45, 7) is 12.1. The minimum atomic E-state index is -0.993. The highest BCUT2D eigenvalue weighted by Crippen LogP contribution is 2.48. The van der Waals surface area contributed by atoms with Crippen molar-refractivity contribution in [2.75, 3.05) is 0 Å². The summed E-state index contributed by atoms with van der Waals surface area (Å²) >= 11 is 0. The first kappa shape index (κ1) is 33.7. The van der Waals surface area contributed by atoms with Crippen molar-refractivity contribution in [3.8, 4) is 0 Å². The Morgan fingerprint density at radius 2 is 1.73 bits per heavy atom. The van der Waals surface area contributed by atoms with Gasteiger partial charge in [0.1, 0.15) is 11.9 Å². The van der Waals surface area contributed by atoms with E-state index in [2.05, 4.69) is 24.5 Å². The summed E-state index contributed by atoms with van der Waals surface area (Å²) < 4.78 is 24.7. The number of carbonyl (C=O) groups excluding carboxylic acids is 2. The van der Waals surface area contributed by atoms with Crippen molar-refractivity contribution < 1.29 is 33.6 Å². The van der Waals surface area contributed by atoms with Crippen LogP contribution in [-0.4, -0.2) is 89.1 Å². The highest BCUT2D eigenvalue weighted by molar-refractivity contribution is 5.84. The molecule has 0 amide bonds. The molecule has 1 aliphatic carbocycles. The summed E-state index contributed by atoms with van der Waals surface area (Å²) in [5, 5.41) is 18.5. The molecule has 6 rings (SSSR count). The molecule has 0 spiro atoms. The number of piperidine rings is 2. The van der Waals surface area contributed by atoms with Gasteiger partial charge in [-0.05, 0) is 90.4 Å². The van der Waals surface area contributed by atoms with Crippen LogP contribution < -0.4 is 22.1 Å². The van der Waals surface area contributed by atoms with Crippen molar-refractivity contribution in [3.05, 3.63) is 0 Å². The standard InChI is InChI=1S/C34H58N4O7/c1-16(2)21-12-19(13-29(36)37-21)22-10-18(11-28(35)38-22)7-8-26-34(6,45-26)32(41)43-27-14-20-24(44-33(27,4)5)15-25-30(31(20)40)23(39)9-17(3)42-25/h16-22,24-31,37-38,40H,7-15,35-36H2,1-6H3. The molecule has 11 heteroatoms. The van der Waals surface area contributed by atoms with Crippen molar-refractivity contribution in [2.24, 2.45) is 41.1 Å². The average molecular weight is 635 g/mol. The lowest BCUT2D eigenvalue weighted by Gasteiger charge is -2.53. The van der Waals surface area contributed by atoms with Crippen LogP contribution in [-0.2, 0) is 28.5 Å². The lowest BCUT2D eigenvalue weighted by Crippen LogP contribution is -2.63. The quantitative estimate of drug-likeness (QED) is 0.205. The van der Waals surface area contributed by atoms with Crippen molar-refractivity contribution in [1.82, 2.24) is 10.6 Å². The molecule has 256 valence electrons. The van der Waals surface area contributed by atoms with Crippen LogP contribution in [0.2, 0.25) is 0 Å². The Hall–Kier alpha value is -1.18. The Morgan fingerprint density at radius 1 is 1.00 bits per heavy atom. The van der Waals surface area contributed by atoms with Crippen molar-refractivity contribution in [3.63, 3.8) is 0 Å². The molecule has 5 saturated heterocycles. The van der Waals surface area contributed by atoms with Crippen LogP contribution in [0.3, 0.4) is 0 Å². The minimum Gasteiger partial charge on any atom is -0.457 e. The number of aliphatic hydroxyl groups is 1. The monoisotopic (exact) mass is 634 g/mol. The summed E-state index contributed by atoms with van der Waals surface area (Å²) in [5.74, 6) is 0.278. The summed E-state index contributed by atoms with van der Waals surface area (Å²) in [7, 11) is 0. The fourth-order valence-electron chi connectivity index (χ4n) is 9.33. The maximum atomic E-state index is 13.5. The number of ketones is 1. The third kappa shape index (κ3) is 6.88. The molecule has 0 aromatic heterocycles. The molecular formula is C34H58N4O7. The molecule has 5 aliphatic heterocycles. The second-order valence-corrected chi connectivity index (χ2v) is 16.3. The van der Waals surface area contributed by atoms with Crippen LogP contribution in [0, 0.1) is 29.6 Å². The number of hydrogen-bond donors (Lipinski definition) is 5. The minimum absolute atomic E-state index is 0.0115. The van der Waals surface area contributed by atoms with E-state index >= 15 is 0 Å². The van der Waals surface area contributed by atoms with Gasteiger partial charge in [0, 0.05) is 30.8 Å². The predicted octanol–water partition coefficient (Wildman–Crippen LogP) is 2.11. The summed E-state index contributed by atoms with van der Waals surface area (Å²) in [4.78, 5) is 26.4. The second kappa shape index (κ2) is 12.7. The Labute approximate surface area is 268 Å². The lowest BCUT2D eigenvalue weighted by atomic mass is 9.67. The normalized spacial score (nSPS) is 49.6. The van der Waals surface area contributed by atoms with Gasteiger partial charge >= 0.3 is 5.97 Å². The number of epoxide rings is 1. The van der Waals surface area contributed by atoms with E-state index in [0.29, 0.717) is 49.1 Å². The molecule has 0 aromatic rings. The van der Waals surface area contributed by atoms with E-state index in [4.69, 9.17) is 30.4 Å². The Balaban J connectivity index is 1.02. The molecule has 15 atom stereocenters. The van der Waals surface area contributed by atoms with Gasteiger partial charge < -0.3 is 35.5 Å². The molecule has 15 unspecified atom stereocenters. The number of nitrogens with one attached hydrogen (secondary N) is 2. The van der Waals surface area contributed by atoms with Gasteiger partial charge in [0.2, 0.25) is 0 Å². The van der Waals surface area contributed by atoms with Gasteiger partial charge in [0.15, 0.2) is 5.60 Å². The smallest absolute Gasteiger partial charge is 0.341 e. The first-order valence-corrected chi connectivity index (χ1v) is 17.6. The fourth-order valence-corrected chi connectivity index (χ4v) is 9.33. The zero-order chi connectivity index (χ0) is 32.4. The van der Waals surface area contributed by atoms with Crippen molar-refractivity contribution >= 4 is 11.8 Å². The summed E-state index contributed by atoms with van der Waals surface area (Å²) in [6.07, 6.45) is 4.57. The van der Waals surface area contributed by atoms with Crippen molar-refractivity contribution in [1.29, 1.82) is 0 Å². The topological polar surface area (TPSA) is 171 Å². The first-order chi connectivity index (χ1) is 21.1.